The van der Waals surface area contributed by atoms with Crippen LogP contribution >= 0.6 is 0 Å². The largest absolute Gasteiger partial charge is 0.484 e. The maximum absolute atomic E-state index is 6.63. The average Bonchev–Trinajstić information content (AvgIpc) is 2.73. The number of benzene rings is 2. The van der Waals surface area contributed by atoms with Crippen molar-refractivity contribution in [2.75, 3.05) is 26.8 Å². The minimum absolute atomic E-state index is 0.0556. The SMILES string of the molecule is COCCc1ccc(OC2c3ccccc3CC[C@@H]2N2CCC[C@@H](N)C2)cc1. The minimum atomic E-state index is 0.0556. The highest BCUT2D eigenvalue weighted by atomic mass is 16.5. The summed E-state index contributed by atoms with van der Waals surface area (Å²) >= 11 is 0. The summed E-state index contributed by atoms with van der Waals surface area (Å²) in [5.41, 5.74) is 10.3. The van der Waals surface area contributed by atoms with E-state index in [1.165, 1.54) is 23.1 Å². The Balaban J connectivity index is 1.56. The summed E-state index contributed by atoms with van der Waals surface area (Å²) in [7, 11) is 1.74. The molecule has 1 fully saturated rings. The molecule has 1 unspecified atom stereocenters. The van der Waals surface area contributed by atoms with Crippen LogP contribution in [0.15, 0.2) is 48.5 Å². The van der Waals surface area contributed by atoms with Crippen LogP contribution in [0.5, 0.6) is 5.75 Å². The van der Waals surface area contributed by atoms with Crippen LogP contribution in [0.4, 0.5) is 0 Å². The number of hydrogen-bond donors (Lipinski definition) is 1. The molecule has 1 aliphatic carbocycles. The Bertz CT molecular complexity index is 761. The fraction of sp³-hybridized carbons (Fsp3) is 0.500. The summed E-state index contributed by atoms with van der Waals surface area (Å²) in [6.07, 6.45) is 5.54. The molecule has 2 aliphatic rings. The van der Waals surface area contributed by atoms with Gasteiger partial charge in [0.15, 0.2) is 0 Å². The lowest BCUT2D eigenvalue weighted by molar-refractivity contribution is 0.0367. The van der Waals surface area contributed by atoms with E-state index in [0.717, 1.165) is 51.1 Å². The molecular formula is C24H32N2O2. The molecule has 4 rings (SSSR count). The zero-order valence-corrected chi connectivity index (χ0v) is 16.8. The molecule has 1 heterocycles. The summed E-state index contributed by atoms with van der Waals surface area (Å²) in [5, 5.41) is 0. The van der Waals surface area contributed by atoms with Crippen molar-refractivity contribution < 1.29 is 9.47 Å². The van der Waals surface area contributed by atoms with Gasteiger partial charge >= 0.3 is 0 Å². The van der Waals surface area contributed by atoms with Gasteiger partial charge in [-0.25, -0.2) is 0 Å². The third kappa shape index (κ3) is 4.40. The number of aryl methyl sites for hydroxylation is 1. The normalized spacial score (nSPS) is 25.3. The molecule has 1 aliphatic heterocycles. The highest BCUT2D eigenvalue weighted by Crippen LogP contribution is 2.37. The van der Waals surface area contributed by atoms with E-state index in [1.54, 1.807) is 7.11 Å². The Morgan fingerprint density at radius 1 is 1.07 bits per heavy atom. The number of piperidine rings is 1. The van der Waals surface area contributed by atoms with Crippen LogP contribution in [0.3, 0.4) is 0 Å². The maximum Gasteiger partial charge on any atom is 0.139 e. The number of rotatable bonds is 6. The van der Waals surface area contributed by atoms with Gasteiger partial charge in [0.25, 0.3) is 0 Å². The Morgan fingerprint density at radius 2 is 1.89 bits per heavy atom. The monoisotopic (exact) mass is 380 g/mol. The average molecular weight is 381 g/mol. The molecular weight excluding hydrogens is 348 g/mol. The fourth-order valence-electron chi connectivity index (χ4n) is 4.66. The molecule has 0 bridgehead atoms. The summed E-state index contributed by atoms with van der Waals surface area (Å²) in [4.78, 5) is 2.57. The fourth-order valence-corrected chi connectivity index (χ4v) is 4.66. The number of likely N-dealkylation sites (tertiary alicyclic amines) is 1. The van der Waals surface area contributed by atoms with E-state index < -0.39 is 0 Å². The van der Waals surface area contributed by atoms with Crippen LogP contribution in [0, 0.1) is 0 Å². The van der Waals surface area contributed by atoms with Crippen molar-refractivity contribution in [1.29, 1.82) is 0 Å². The van der Waals surface area contributed by atoms with E-state index in [1.807, 2.05) is 0 Å². The first kappa shape index (κ1) is 19.4. The molecule has 28 heavy (non-hydrogen) atoms. The van der Waals surface area contributed by atoms with Crippen molar-refractivity contribution in [3.63, 3.8) is 0 Å². The lowest BCUT2D eigenvalue weighted by Crippen LogP contribution is -2.51. The topological polar surface area (TPSA) is 47.7 Å². The Hall–Kier alpha value is -1.88. The summed E-state index contributed by atoms with van der Waals surface area (Å²) in [6, 6.07) is 17.9. The van der Waals surface area contributed by atoms with E-state index in [4.69, 9.17) is 15.2 Å². The highest BCUT2D eigenvalue weighted by molar-refractivity contribution is 5.35. The van der Waals surface area contributed by atoms with Crippen LogP contribution in [0.2, 0.25) is 0 Å². The number of nitrogens with zero attached hydrogens (tertiary/aromatic N) is 1. The predicted octanol–water partition coefficient (Wildman–Crippen LogP) is 3.73. The lowest BCUT2D eigenvalue weighted by atomic mass is 9.84. The number of nitrogens with two attached hydrogens (primary N) is 1. The van der Waals surface area contributed by atoms with Gasteiger partial charge in [-0.2, -0.15) is 0 Å². The van der Waals surface area contributed by atoms with Crippen LogP contribution in [0.25, 0.3) is 0 Å². The van der Waals surface area contributed by atoms with Crippen LogP contribution in [-0.2, 0) is 17.6 Å². The van der Waals surface area contributed by atoms with Gasteiger partial charge in [0.2, 0.25) is 0 Å². The highest BCUT2D eigenvalue weighted by Gasteiger charge is 2.36. The first-order valence-electron chi connectivity index (χ1n) is 10.6. The standard InChI is InChI=1S/C24H32N2O2/c1-27-16-14-18-8-11-21(12-9-18)28-24-22-7-3-2-5-19(22)10-13-23(24)26-15-4-6-20(25)17-26/h2-3,5,7-9,11-12,20,23-24H,4,6,10,13-17,25H2,1H3/t20-,23+,24?/m1/s1. The van der Waals surface area contributed by atoms with Gasteiger partial charge in [-0.1, -0.05) is 36.4 Å². The molecule has 0 amide bonds. The number of fused-ring (bicyclic) bond motifs is 1. The van der Waals surface area contributed by atoms with E-state index in [9.17, 15) is 0 Å². The van der Waals surface area contributed by atoms with E-state index in [0.29, 0.717) is 6.04 Å². The van der Waals surface area contributed by atoms with Crippen LogP contribution in [-0.4, -0.2) is 43.8 Å². The van der Waals surface area contributed by atoms with Crippen molar-refractivity contribution in [1.82, 2.24) is 4.90 Å². The second-order valence-electron chi connectivity index (χ2n) is 8.13. The van der Waals surface area contributed by atoms with Crippen LogP contribution in [0.1, 0.15) is 42.1 Å². The van der Waals surface area contributed by atoms with Crippen LogP contribution < -0.4 is 10.5 Å². The van der Waals surface area contributed by atoms with Gasteiger partial charge < -0.3 is 15.2 Å². The summed E-state index contributed by atoms with van der Waals surface area (Å²) in [5.74, 6) is 0.939. The number of ether oxygens (including phenoxy) is 2. The Kier molecular flexibility index (Phi) is 6.30. The zero-order valence-electron chi connectivity index (χ0n) is 16.8. The molecule has 4 nitrogen and oxygen atoms in total. The number of hydrogen-bond acceptors (Lipinski definition) is 4. The predicted molar refractivity (Wildman–Crippen MR) is 113 cm³/mol. The van der Waals surface area contributed by atoms with Gasteiger partial charge in [-0.05, 0) is 67.5 Å². The lowest BCUT2D eigenvalue weighted by Gasteiger charge is -2.43. The second kappa shape index (κ2) is 9.08. The van der Waals surface area contributed by atoms with E-state index in [2.05, 4.69) is 53.4 Å². The molecule has 4 heteroatoms. The van der Waals surface area contributed by atoms with Gasteiger partial charge in [0.05, 0.1) is 12.6 Å². The first-order chi connectivity index (χ1) is 13.7. The quantitative estimate of drug-likeness (QED) is 0.829. The third-order valence-corrected chi connectivity index (χ3v) is 6.16. The van der Waals surface area contributed by atoms with Gasteiger partial charge in [-0.15, -0.1) is 0 Å². The minimum Gasteiger partial charge on any atom is -0.484 e. The van der Waals surface area contributed by atoms with Crippen molar-refractivity contribution in [2.24, 2.45) is 5.73 Å². The number of methoxy groups -OCH3 is 1. The first-order valence-corrected chi connectivity index (χ1v) is 10.6. The zero-order chi connectivity index (χ0) is 19.3. The summed E-state index contributed by atoms with van der Waals surface area (Å²) in [6.45, 7) is 2.84. The Labute approximate surface area is 168 Å². The molecule has 0 radical (unpaired) electrons. The van der Waals surface area contributed by atoms with E-state index in [-0.39, 0.29) is 12.1 Å². The van der Waals surface area contributed by atoms with Gasteiger partial charge in [0.1, 0.15) is 11.9 Å². The molecule has 0 saturated carbocycles. The van der Waals surface area contributed by atoms with Gasteiger partial charge in [0, 0.05) is 19.7 Å². The van der Waals surface area contributed by atoms with Crippen molar-refractivity contribution in [3.8, 4) is 5.75 Å². The molecule has 2 aromatic rings. The Morgan fingerprint density at radius 3 is 2.68 bits per heavy atom. The molecule has 0 spiro atoms. The smallest absolute Gasteiger partial charge is 0.139 e. The maximum atomic E-state index is 6.63. The van der Waals surface area contributed by atoms with Crippen molar-refractivity contribution in [2.45, 2.75) is 50.3 Å². The van der Waals surface area contributed by atoms with Crippen molar-refractivity contribution >= 4 is 0 Å². The van der Waals surface area contributed by atoms with Gasteiger partial charge in [-0.3, -0.25) is 4.90 Å². The third-order valence-electron chi connectivity index (χ3n) is 6.16. The molecule has 0 aromatic heterocycles. The molecule has 2 aromatic carbocycles. The second-order valence-corrected chi connectivity index (χ2v) is 8.13. The molecule has 2 N–H and O–H groups in total. The molecule has 3 atom stereocenters. The summed E-state index contributed by atoms with van der Waals surface area (Å²) < 4.78 is 11.8. The molecule has 1 saturated heterocycles. The van der Waals surface area contributed by atoms with E-state index >= 15 is 0 Å². The van der Waals surface area contributed by atoms with Crippen molar-refractivity contribution in [3.05, 3.63) is 65.2 Å². The molecule has 150 valence electrons.